The van der Waals surface area contributed by atoms with Crippen LogP contribution in [0.1, 0.15) is 16.5 Å². The Kier molecular flexibility index (Phi) is 3.83. The van der Waals surface area contributed by atoms with E-state index in [2.05, 4.69) is 9.97 Å². The number of carbonyl (C=O) groups is 1. The van der Waals surface area contributed by atoms with Gasteiger partial charge in [-0.05, 0) is 12.3 Å². The number of ether oxygens (including phenoxy) is 2. The molecular weight excluding hydrogens is 292 g/mol. The topological polar surface area (TPSA) is 92.3 Å². The van der Waals surface area contributed by atoms with Crippen molar-refractivity contribution in [1.82, 2.24) is 14.5 Å². The van der Waals surface area contributed by atoms with Gasteiger partial charge in [-0.2, -0.15) is 0 Å². The molecule has 0 bridgehead atoms. The van der Waals surface area contributed by atoms with E-state index in [0.717, 1.165) is 5.39 Å². The maximum Gasteiger partial charge on any atom is 0.265 e. The van der Waals surface area contributed by atoms with E-state index in [1.165, 1.54) is 11.8 Å². The fraction of sp³-hybridized carbons (Fsp3) is 0.462. The quantitative estimate of drug-likeness (QED) is 0.664. The molecule has 0 spiro atoms. The van der Waals surface area contributed by atoms with Crippen LogP contribution in [0.3, 0.4) is 0 Å². The first-order valence-corrected chi connectivity index (χ1v) is 7.70. The van der Waals surface area contributed by atoms with E-state index in [1.54, 1.807) is 19.4 Å². The maximum atomic E-state index is 11.8. The molecule has 0 saturated carbocycles. The molecule has 2 atom stereocenters. The van der Waals surface area contributed by atoms with Crippen molar-refractivity contribution < 1.29 is 14.3 Å². The minimum absolute atomic E-state index is 0.125. The van der Waals surface area contributed by atoms with E-state index in [-0.39, 0.29) is 12.1 Å². The second-order valence-corrected chi connectivity index (χ2v) is 5.55. The summed E-state index contributed by atoms with van der Waals surface area (Å²) in [5.41, 5.74) is 6.59. The van der Waals surface area contributed by atoms with Gasteiger partial charge in [0.15, 0.2) is 5.16 Å². The van der Waals surface area contributed by atoms with Crippen molar-refractivity contribution in [3.05, 3.63) is 18.0 Å². The molecule has 8 heteroatoms. The second-order valence-electron chi connectivity index (χ2n) is 4.78. The summed E-state index contributed by atoms with van der Waals surface area (Å²) in [6.07, 6.45) is 3.47. The molecule has 1 saturated heterocycles. The molecule has 1 fully saturated rings. The molecule has 2 N–H and O–H groups in total. The molecule has 0 aromatic carbocycles. The number of carbonyl (C=O) groups excluding carboxylic acids is 1. The highest BCUT2D eigenvalue weighted by Gasteiger charge is 2.33. The molecule has 112 valence electrons. The van der Waals surface area contributed by atoms with Gasteiger partial charge in [0.1, 0.15) is 17.4 Å². The van der Waals surface area contributed by atoms with Gasteiger partial charge >= 0.3 is 0 Å². The van der Waals surface area contributed by atoms with Crippen molar-refractivity contribution in [2.75, 3.05) is 26.6 Å². The monoisotopic (exact) mass is 308 g/mol. The van der Waals surface area contributed by atoms with Crippen LogP contribution in [-0.2, 0) is 9.47 Å². The highest BCUT2D eigenvalue weighted by molar-refractivity contribution is 7.98. The minimum atomic E-state index is -0.500. The number of hydrogen-bond acceptors (Lipinski definition) is 6. The fourth-order valence-corrected chi connectivity index (χ4v) is 2.94. The lowest BCUT2D eigenvalue weighted by atomic mass is 10.2. The molecule has 1 amide bonds. The smallest absolute Gasteiger partial charge is 0.265 e. The van der Waals surface area contributed by atoms with Gasteiger partial charge in [0, 0.05) is 18.7 Å². The van der Waals surface area contributed by atoms with Gasteiger partial charge in [0.25, 0.3) is 5.91 Å². The van der Waals surface area contributed by atoms with Gasteiger partial charge < -0.3 is 19.8 Å². The number of nitrogens with zero attached hydrogens (tertiary/aromatic N) is 3. The zero-order chi connectivity index (χ0) is 15.0. The van der Waals surface area contributed by atoms with Crippen molar-refractivity contribution in [2.45, 2.75) is 17.3 Å². The van der Waals surface area contributed by atoms with Gasteiger partial charge in [0.05, 0.1) is 19.3 Å². The first-order valence-electron chi connectivity index (χ1n) is 6.48. The highest BCUT2D eigenvalue weighted by atomic mass is 32.2. The lowest BCUT2D eigenvalue weighted by Gasteiger charge is -2.20. The molecule has 7 nitrogen and oxygen atoms in total. The second kappa shape index (κ2) is 5.63. The van der Waals surface area contributed by atoms with E-state index in [4.69, 9.17) is 15.2 Å². The van der Waals surface area contributed by atoms with E-state index in [9.17, 15) is 4.79 Å². The number of hydrogen-bond donors (Lipinski definition) is 1. The third kappa shape index (κ3) is 2.39. The summed E-state index contributed by atoms with van der Waals surface area (Å²) < 4.78 is 12.7. The number of fused-ring (bicyclic) bond motifs is 1. The first kappa shape index (κ1) is 14.3. The molecule has 2 unspecified atom stereocenters. The summed E-state index contributed by atoms with van der Waals surface area (Å²) in [4.78, 5) is 20.5. The zero-order valence-corrected chi connectivity index (χ0v) is 12.6. The number of nitrogens with two attached hydrogens (primary N) is 1. The van der Waals surface area contributed by atoms with Gasteiger partial charge in [-0.15, -0.1) is 0 Å². The van der Waals surface area contributed by atoms with Crippen LogP contribution in [0, 0.1) is 0 Å². The van der Waals surface area contributed by atoms with Gasteiger partial charge in [0.2, 0.25) is 0 Å². The summed E-state index contributed by atoms with van der Waals surface area (Å²) in [6.45, 7) is 0.945. The standard InChI is InChI=1S/C13H16N4O3S/c1-19-10-6-20-5-9(10)17-8(11(14)18)3-7-4-15-13(21-2)16-12(7)17/h3-4,9-10H,5-6H2,1-2H3,(H2,14,18). The van der Waals surface area contributed by atoms with Crippen molar-refractivity contribution in [1.29, 1.82) is 0 Å². The summed E-state index contributed by atoms with van der Waals surface area (Å²) in [5.74, 6) is -0.500. The number of rotatable bonds is 4. The van der Waals surface area contributed by atoms with Gasteiger partial charge in [-0.3, -0.25) is 4.79 Å². The Morgan fingerprint density at radius 1 is 1.57 bits per heavy atom. The Morgan fingerprint density at radius 3 is 3.05 bits per heavy atom. The first-order chi connectivity index (χ1) is 10.2. The van der Waals surface area contributed by atoms with Crippen LogP contribution in [0.25, 0.3) is 11.0 Å². The number of thioether (sulfide) groups is 1. The average Bonchev–Trinajstić information content (AvgIpc) is 3.09. The molecule has 2 aromatic rings. The molecule has 21 heavy (non-hydrogen) atoms. The SMILES string of the molecule is COC1COCC1n1c(C(N)=O)cc2cnc(SC)nc21. The van der Waals surface area contributed by atoms with E-state index < -0.39 is 5.91 Å². The van der Waals surface area contributed by atoms with Crippen molar-refractivity contribution in [2.24, 2.45) is 5.73 Å². The summed E-state index contributed by atoms with van der Waals surface area (Å²) >= 11 is 1.44. The van der Waals surface area contributed by atoms with Crippen molar-refractivity contribution in [3.63, 3.8) is 0 Å². The number of aromatic nitrogens is 3. The van der Waals surface area contributed by atoms with Crippen LogP contribution >= 0.6 is 11.8 Å². The Bertz CT molecular complexity index is 687. The maximum absolute atomic E-state index is 11.8. The third-order valence-corrected chi connectivity index (χ3v) is 4.18. The van der Waals surface area contributed by atoms with Gasteiger partial charge in [-0.25, -0.2) is 9.97 Å². The lowest BCUT2D eigenvalue weighted by Crippen LogP contribution is -2.28. The summed E-state index contributed by atoms with van der Waals surface area (Å²) in [6, 6.07) is 1.59. The molecule has 1 aliphatic heterocycles. The molecule has 0 aliphatic carbocycles. The number of primary amides is 1. The largest absolute Gasteiger partial charge is 0.377 e. The predicted molar refractivity (Wildman–Crippen MR) is 78.5 cm³/mol. The van der Waals surface area contributed by atoms with Crippen LogP contribution < -0.4 is 5.73 Å². The summed E-state index contributed by atoms with van der Waals surface area (Å²) in [7, 11) is 1.63. The van der Waals surface area contributed by atoms with E-state index in [0.29, 0.717) is 29.7 Å². The normalized spacial score (nSPS) is 22.0. The van der Waals surface area contributed by atoms with Crippen LogP contribution in [0.4, 0.5) is 0 Å². The zero-order valence-electron chi connectivity index (χ0n) is 11.8. The predicted octanol–water partition coefficient (Wildman–Crippen LogP) is 0.838. The average molecular weight is 308 g/mol. The minimum Gasteiger partial charge on any atom is -0.377 e. The van der Waals surface area contributed by atoms with E-state index >= 15 is 0 Å². The van der Waals surface area contributed by atoms with E-state index in [1.807, 2.05) is 10.8 Å². The molecular formula is C13H16N4O3S. The number of methoxy groups -OCH3 is 1. The van der Waals surface area contributed by atoms with Crippen LogP contribution in [0.2, 0.25) is 0 Å². The molecule has 0 radical (unpaired) electrons. The molecule has 3 heterocycles. The van der Waals surface area contributed by atoms with Crippen molar-refractivity contribution >= 4 is 28.7 Å². The Labute approximate surface area is 125 Å². The fourth-order valence-electron chi connectivity index (χ4n) is 2.61. The van der Waals surface area contributed by atoms with Crippen LogP contribution in [0.15, 0.2) is 17.4 Å². The number of amides is 1. The Balaban J connectivity index is 2.21. The summed E-state index contributed by atoms with van der Waals surface area (Å²) in [5, 5.41) is 1.43. The van der Waals surface area contributed by atoms with Crippen molar-refractivity contribution in [3.8, 4) is 0 Å². The van der Waals surface area contributed by atoms with Crippen LogP contribution in [-0.4, -0.2) is 53.1 Å². The Morgan fingerprint density at radius 2 is 2.38 bits per heavy atom. The highest BCUT2D eigenvalue weighted by Crippen LogP contribution is 2.29. The molecule has 1 aliphatic rings. The molecule has 3 rings (SSSR count). The van der Waals surface area contributed by atoms with Crippen LogP contribution in [0.5, 0.6) is 0 Å². The Hall–Kier alpha value is -1.64. The lowest BCUT2D eigenvalue weighted by molar-refractivity contribution is 0.0683. The third-order valence-electron chi connectivity index (χ3n) is 3.62. The molecule has 2 aromatic heterocycles. The van der Waals surface area contributed by atoms with Gasteiger partial charge in [-0.1, -0.05) is 11.8 Å².